The van der Waals surface area contributed by atoms with Gasteiger partial charge >= 0.3 is 0 Å². The number of carbonyl (C=O) groups excluding carboxylic acids is 1. The molecule has 0 unspecified atom stereocenters. The molecular formula is C11H19N3O. The van der Waals surface area contributed by atoms with Gasteiger partial charge in [0, 0.05) is 13.1 Å². The molecule has 0 saturated heterocycles. The summed E-state index contributed by atoms with van der Waals surface area (Å²) in [5.41, 5.74) is 0. The average Bonchev–Trinajstić information content (AvgIpc) is 3.03. The first kappa shape index (κ1) is 12.0. The molecule has 1 fully saturated rings. The Hall–Kier alpha value is -1.08. The van der Waals surface area contributed by atoms with Crippen LogP contribution in [0.1, 0.15) is 26.2 Å². The standard InChI is InChI=1S/C11H19N3O/c1-2-14(7-3-6-12)11(15)9-13-8-10-4-5-10/h10,13H,2-5,7-9H2,1H3. The number of rotatable bonds is 7. The normalized spacial score (nSPS) is 14.7. The van der Waals surface area contributed by atoms with Crippen molar-refractivity contribution in [1.82, 2.24) is 10.2 Å². The Morgan fingerprint density at radius 2 is 2.33 bits per heavy atom. The lowest BCUT2D eigenvalue weighted by Crippen LogP contribution is -2.39. The number of likely N-dealkylation sites (N-methyl/N-ethyl adjacent to an activating group) is 1. The summed E-state index contributed by atoms with van der Waals surface area (Å²) in [6, 6.07) is 2.06. The first-order valence-corrected chi connectivity index (χ1v) is 5.63. The second-order valence-corrected chi connectivity index (χ2v) is 3.96. The van der Waals surface area contributed by atoms with Crippen LogP contribution in [0.2, 0.25) is 0 Å². The molecule has 15 heavy (non-hydrogen) atoms. The van der Waals surface area contributed by atoms with Crippen LogP contribution >= 0.6 is 0 Å². The highest BCUT2D eigenvalue weighted by molar-refractivity contribution is 5.78. The molecule has 0 aromatic rings. The predicted molar refractivity (Wildman–Crippen MR) is 58.1 cm³/mol. The Bertz CT molecular complexity index is 243. The molecule has 4 heteroatoms. The molecule has 0 heterocycles. The summed E-state index contributed by atoms with van der Waals surface area (Å²) in [6.07, 6.45) is 3.02. The molecule has 1 amide bonds. The van der Waals surface area contributed by atoms with Gasteiger partial charge in [-0.2, -0.15) is 5.26 Å². The van der Waals surface area contributed by atoms with Crippen LogP contribution in [-0.2, 0) is 4.79 Å². The Balaban J connectivity index is 2.13. The molecule has 1 rings (SSSR count). The summed E-state index contributed by atoms with van der Waals surface area (Å²) in [4.78, 5) is 13.4. The van der Waals surface area contributed by atoms with Crippen molar-refractivity contribution >= 4 is 5.91 Å². The van der Waals surface area contributed by atoms with Gasteiger partial charge in [0.25, 0.3) is 0 Å². The molecular weight excluding hydrogens is 190 g/mol. The average molecular weight is 209 g/mol. The third kappa shape index (κ3) is 4.80. The molecule has 0 bridgehead atoms. The molecule has 1 saturated carbocycles. The molecule has 0 radical (unpaired) electrons. The summed E-state index contributed by atoms with van der Waals surface area (Å²) in [7, 11) is 0. The predicted octanol–water partition coefficient (Wildman–Crippen LogP) is 0.748. The number of nitriles is 1. The van der Waals surface area contributed by atoms with E-state index in [1.165, 1.54) is 12.8 Å². The van der Waals surface area contributed by atoms with Crippen LogP contribution in [0.15, 0.2) is 0 Å². The highest BCUT2D eigenvalue weighted by Crippen LogP contribution is 2.27. The van der Waals surface area contributed by atoms with Gasteiger partial charge in [-0.15, -0.1) is 0 Å². The lowest BCUT2D eigenvalue weighted by Gasteiger charge is -2.19. The smallest absolute Gasteiger partial charge is 0.236 e. The monoisotopic (exact) mass is 209 g/mol. The Labute approximate surface area is 91.2 Å². The van der Waals surface area contributed by atoms with Crippen molar-refractivity contribution in [2.24, 2.45) is 5.92 Å². The zero-order valence-corrected chi connectivity index (χ0v) is 9.33. The molecule has 0 aliphatic heterocycles. The van der Waals surface area contributed by atoms with Crippen molar-refractivity contribution in [1.29, 1.82) is 5.26 Å². The van der Waals surface area contributed by atoms with Gasteiger partial charge in [0.2, 0.25) is 5.91 Å². The molecule has 0 atom stereocenters. The van der Waals surface area contributed by atoms with Gasteiger partial charge in [0.15, 0.2) is 0 Å². The Morgan fingerprint density at radius 3 is 2.87 bits per heavy atom. The van der Waals surface area contributed by atoms with Gasteiger partial charge in [-0.3, -0.25) is 4.79 Å². The van der Waals surface area contributed by atoms with Crippen LogP contribution in [0.3, 0.4) is 0 Å². The lowest BCUT2D eigenvalue weighted by molar-refractivity contribution is -0.130. The second kappa shape index (κ2) is 6.41. The first-order chi connectivity index (χ1) is 7.27. The second-order valence-electron chi connectivity index (χ2n) is 3.96. The van der Waals surface area contributed by atoms with Crippen LogP contribution in [-0.4, -0.2) is 37.0 Å². The van der Waals surface area contributed by atoms with E-state index < -0.39 is 0 Å². The van der Waals surface area contributed by atoms with Gasteiger partial charge < -0.3 is 10.2 Å². The Kier molecular flexibility index (Phi) is 5.13. The minimum absolute atomic E-state index is 0.105. The highest BCUT2D eigenvalue weighted by Gasteiger charge is 2.21. The number of hydrogen-bond donors (Lipinski definition) is 1. The number of nitrogens with one attached hydrogen (secondary N) is 1. The van der Waals surface area contributed by atoms with E-state index >= 15 is 0 Å². The van der Waals surface area contributed by atoms with E-state index in [4.69, 9.17) is 5.26 Å². The fourth-order valence-electron chi connectivity index (χ4n) is 1.46. The number of hydrogen-bond acceptors (Lipinski definition) is 3. The van der Waals surface area contributed by atoms with Gasteiger partial charge in [-0.1, -0.05) is 0 Å². The minimum atomic E-state index is 0.105. The van der Waals surface area contributed by atoms with Crippen molar-refractivity contribution in [2.75, 3.05) is 26.2 Å². The molecule has 0 aromatic carbocycles. The van der Waals surface area contributed by atoms with Crippen LogP contribution in [0, 0.1) is 17.2 Å². The zero-order chi connectivity index (χ0) is 11.1. The molecule has 4 nitrogen and oxygen atoms in total. The molecule has 1 aliphatic rings. The summed E-state index contributed by atoms with van der Waals surface area (Å²) < 4.78 is 0. The van der Waals surface area contributed by atoms with E-state index in [9.17, 15) is 4.79 Å². The number of carbonyl (C=O) groups is 1. The van der Waals surface area contributed by atoms with Crippen molar-refractivity contribution in [3.8, 4) is 6.07 Å². The fraction of sp³-hybridized carbons (Fsp3) is 0.818. The van der Waals surface area contributed by atoms with Gasteiger partial charge in [-0.05, 0) is 32.2 Å². The van der Waals surface area contributed by atoms with Crippen LogP contribution in [0.25, 0.3) is 0 Å². The minimum Gasteiger partial charge on any atom is -0.341 e. The summed E-state index contributed by atoms with van der Waals surface area (Å²) in [5.74, 6) is 0.903. The maximum Gasteiger partial charge on any atom is 0.236 e. The van der Waals surface area contributed by atoms with Gasteiger partial charge in [0.05, 0.1) is 19.0 Å². The van der Waals surface area contributed by atoms with E-state index in [1.54, 1.807) is 4.90 Å². The molecule has 1 aliphatic carbocycles. The molecule has 1 N–H and O–H groups in total. The van der Waals surface area contributed by atoms with E-state index in [1.807, 2.05) is 6.92 Å². The number of nitrogens with zero attached hydrogens (tertiary/aromatic N) is 2. The van der Waals surface area contributed by atoms with Crippen LogP contribution < -0.4 is 5.32 Å². The Morgan fingerprint density at radius 1 is 1.60 bits per heavy atom. The van der Waals surface area contributed by atoms with E-state index in [0.29, 0.717) is 26.1 Å². The third-order valence-corrected chi connectivity index (χ3v) is 2.63. The van der Waals surface area contributed by atoms with E-state index in [2.05, 4.69) is 11.4 Å². The van der Waals surface area contributed by atoms with Crippen LogP contribution in [0.5, 0.6) is 0 Å². The van der Waals surface area contributed by atoms with Gasteiger partial charge in [0.1, 0.15) is 0 Å². The quantitative estimate of drug-likeness (QED) is 0.673. The van der Waals surface area contributed by atoms with E-state index in [-0.39, 0.29) is 5.91 Å². The summed E-state index contributed by atoms with van der Waals surface area (Å²) in [5, 5.41) is 11.6. The molecule has 84 valence electrons. The maximum absolute atomic E-state index is 11.6. The van der Waals surface area contributed by atoms with Gasteiger partial charge in [-0.25, -0.2) is 0 Å². The highest BCUT2D eigenvalue weighted by atomic mass is 16.2. The topological polar surface area (TPSA) is 56.1 Å². The zero-order valence-electron chi connectivity index (χ0n) is 9.33. The number of amides is 1. The fourth-order valence-corrected chi connectivity index (χ4v) is 1.46. The molecule has 0 spiro atoms. The van der Waals surface area contributed by atoms with Crippen LogP contribution in [0.4, 0.5) is 0 Å². The summed E-state index contributed by atoms with van der Waals surface area (Å²) >= 11 is 0. The SMILES string of the molecule is CCN(CCC#N)C(=O)CNCC1CC1. The lowest BCUT2D eigenvalue weighted by atomic mass is 10.3. The van der Waals surface area contributed by atoms with E-state index in [0.717, 1.165) is 12.5 Å². The van der Waals surface area contributed by atoms with Crippen molar-refractivity contribution < 1.29 is 4.79 Å². The third-order valence-electron chi connectivity index (χ3n) is 2.63. The first-order valence-electron chi connectivity index (χ1n) is 5.63. The summed E-state index contributed by atoms with van der Waals surface area (Å²) in [6.45, 7) is 4.55. The largest absolute Gasteiger partial charge is 0.341 e. The van der Waals surface area contributed by atoms with Crippen molar-refractivity contribution in [3.63, 3.8) is 0 Å². The van der Waals surface area contributed by atoms with Crippen molar-refractivity contribution in [3.05, 3.63) is 0 Å². The maximum atomic E-state index is 11.6. The molecule has 0 aromatic heterocycles. The van der Waals surface area contributed by atoms with Crippen molar-refractivity contribution in [2.45, 2.75) is 26.2 Å².